The molecule has 2 aromatic heterocycles. The van der Waals surface area contributed by atoms with Crippen molar-refractivity contribution in [1.29, 1.82) is 0 Å². The van der Waals surface area contributed by atoms with Crippen LogP contribution in [0.15, 0.2) is 35.1 Å². The summed E-state index contributed by atoms with van der Waals surface area (Å²) in [5, 5.41) is 11.0. The first-order chi connectivity index (χ1) is 10.4. The van der Waals surface area contributed by atoms with Gasteiger partial charge in [-0.1, -0.05) is 17.3 Å². The first-order valence-corrected chi connectivity index (χ1v) is 6.87. The van der Waals surface area contributed by atoms with Crippen molar-refractivity contribution in [3.8, 4) is 0 Å². The van der Waals surface area contributed by atoms with E-state index in [4.69, 9.17) is 4.52 Å². The lowest BCUT2D eigenvalue weighted by atomic mass is 10.2. The molecule has 108 valence electrons. The average molecular weight is 284 g/mol. The van der Waals surface area contributed by atoms with E-state index in [-0.39, 0.29) is 0 Å². The van der Waals surface area contributed by atoms with Crippen molar-refractivity contribution in [3.05, 3.63) is 36.5 Å². The monoisotopic (exact) mass is 284 g/mol. The van der Waals surface area contributed by atoms with Crippen LogP contribution in [0.5, 0.6) is 0 Å². The summed E-state index contributed by atoms with van der Waals surface area (Å²) in [6.45, 7) is 3.45. The number of para-hydroxylation sites is 1. The number of hydrogen-bond donors (Lipinski definition) is 2. The SMILES string of the molecule is CCNc1nc(NCCc2ncno2)c2ccccc2n1. The summed E-state index contributed by atoms with van der Waals surface area (Å²) in [6.07, 6.45) is 2.05. The number of aromatic nitrogens is 4. The van der Waals surface area contributed by atoms with Gasteiger partial charge in [-0.2, -0.15) is 9.97 Å². The number of fused-ring (bicyclic) bond motifs is 1. The Morgan fingerprint density at radius 1 is 1.14 bits per heavy atom. The smallest absolute Gasteiger partial charge is 0.228 e. The van der Waals surface area contributed by atoms with Crippen molar-refractivity contribution in [1.82, 2.24) is 20.1 Å². The van der Waals surface area contributed by atoms with E-state index in [9.17, 15) is 0 Å². The summed E-state index contributed by atoms with van der Waals surface area (Å²) in [6, 6.07) is 7.91. The molecule has 0 saturated carbocycles. The van der Waals surface area contributed by atoms with Gasteiger partial charge in [-0.05, 0) is 19.1 Å². The highest BCUT2D eigenvalue weighted by Crippen LogP contribution is 2.21. The molecule has 2 N–H and O–H groups in total. The van der Waals surface area contributed by atoms with Crippen molar-refractivity contribution in [2.24, 2.45) is 0 Å². The van der Waals surface area contributed by atoms with Crippen LogP contribution in [0.3, 0.4) is 0 Å². The van der Waals surface area contributed by atoms with Crippen LogP contribution in [-0.4, -0.2) is 33.2 Å². The molecule has 0 aliphatic carbocycles. The molecule has 7 nitrogen and oxygen atoms in total. The number of nitrogens with zero attached hydrogens (tertiary/aromatic N) is 4. The summed E-state index contributed by atoms with van der Waals surface area (Å²) in [5.74, 6) is 2.03. The quantitative estimate of drug-likeness (QED) is 0.716. The van der Waals surface area contributed by atoms with E-state index in [0.717, 1.165) is 23.3 Å². The van der Waals surface area contributed by atoms with Gasteiger partial charge in [0.15, 0.2) is 6.33 Å². The first kappa shape index (κ1) is 13.3. The molecule has 0 amide bonds. The van der Waals surface area contributed by atoms with Crippen LogP contribution >= 0.6 is 0 Å². The van der Waals surface area contributed by atoms with Crippen molar-refractivity contribution < 1.29 is 4.52 Å². The summed E-state index contributed by atoms with van der Waals surface area (Å²) in [4.78, 5) is 13.0. The standard InChI is InChI=1S/C14H16N6O/c1-2-15-14-19-11-6-4-3-5-10(11)13(20-14)16-8-7-12-17-9-18-21-12/h3-6,9H,2,7-8H2,1H3,(H2,15,16,19,20). The van der Waals surface area contributed by atoms with Gasteiger partial charge in [0.1, 0.15) is 5.82 Å². The second-order valence-corrected chi connectivity index (χ2v) is 4.46. The van der Waals surface area contributed by atoms with E-state index < -0.39 is 0 Å². The minimum Gasteiger partial charge on any atom is -0.369 e. The lowest BCUT2D eigenvalue weighted by Crippen LogP contribution is -2.10. The van der Waals surface area contributed by atoms with Gasteiger partial charge < -0.3 is 15.2 Å². The zero-order chi connectivity index (χ0) is 14.5. The molecule has 7 heteroatoms. The summed E-state index contributed by atoms with van der Waals surface area (Å²) >= 11 is 0. The number of benzene rings is 1. The summed E-state index contributed by atoms with van der Waals surface area (Å²) < 4.78 is 4.98. The van der Waals surface area contributed by atoms with E-state index in [1.54, 1.807) is 0 Å². The normalized spacial score (nSPS) is 10.7. The van der Waals surface area contributed by atoms with Gasteiger partial charge in [-0.25, -0.2) is 4.98 Å². The maximum absolute atomic E-state index is 4.98. The molecule has 0 fully saturated rings. The molecule has 0 unspecified atom stereocenters. The van der Waals surface area contributed by atoms with E-state index in [2.05, 4.69) is 30.7 Å². The van der Waals surface area contributed by atoms with Gasteiger partial charge in [-0.15, -0.1) is 0 Å². The highest BCUT2D eigenvalue weighted by atomic mass is 16.5. The third-order valence-corrected chi connectivity index (χ3v) is 2.98. The van der Waals surface area contributed by atoms with Crippen molar-refractivity contribution in [2.45, 2.75) is 13.3 Å². The fourth-order valence-corrected chi connectivity index (χ4v) is 2.04. The molecule has 0 aliphatic rings. The minimum atomic E-state index is 0.604. The van der Waals surface area contributed by atoms with Gasteiger partial charge in [-0.3, -0.25) is 0 Å². The van der Waals surface area contributed by atoms with Crippen LogP contribution in [0, 0.1) is 0 Å². The molecule has 3 aromatic rings. The van der Waals surface area contributed by atoms with Gasteiger partial charge >= 0.3 is 0 Å². The molecule has 0 radical (unpaired) electrons. The summed E-state index contributed by atoms with van der Waals surface area (Å²) in [7, 11) is 0. The molecule has 3 rings (SSSR count). The van der Waals surface area contributed by atoms with Gasteiger partial charge in [0.25, 0.3) is 0 Å². The minimum absolute atomic E-state index is 0.604. The largest absolute Gasteiger partial charge is 0.369 e. The van der Waals surface area contributed by atoms with E-state index in [1.807, 2.05) is 31.2 Å². The molecule has 0 bridgehead atoms. The molecule has 0 saturated heterocycles. The number of rotatable bonds is 6. The molecule has 0 spiro atoms. The maximum atomic E-state index is 4.98. The highest BCUT2D eigenvalue weighted by Gasteiger charge is 2.07. The Bertz CT molecular complexity index is 713. The third kappa shape index (κ3) is 3.07. The van der Waals surface area contributed by atoms with Gasteiger partial charge in [0.05, 0.1) is 5.52 Å². The van der Waals surface area contributed by atoms with Crippen molar-refractivity contribution >= 4 is 22.7 Å². The number of anilines is 2. The zero-order valence-corrected chi connectivity index (χ0v) is 11.7. The van der Waals surface area contributed by atoms with Crippen molar-refractivity contribution in [2.75, 3.05) is 23.7 Å². The molecule has 0 aliphatic heterocycles. The van der Waals surface area contributed by atoms with Gasteiger partial charge in [0.2, 0.25) is 11.8 Å². The van der Waals surface area contributed by atoms with Crippen LogP contribution < -0.4 is 10.6 Å². The van der Waals surface area contributed by atoms with E-state index >= 15 is 0 Å². The first-order valence-electron chi connectivity index (χ1n) is 6.87. The molecule has 0 atom stereocenters. The summed E-state index contributed by atoms with van der Waals surface area (Å²) in [5.41, 5.74) is 0.906. The Labute approximate surface area is 121 Å². The Morgan fingerprint density at radius 3 is 2.86 bits per heavy atom. The lowest BCUT2D eigenvalue weighted by Gasteiger charge is -2.10. The fourth-order valence-electron chi connectivity index (χ4n) is 2.04. The number of nitrogens with one attached hydrogen (secondary N) is 2. The topological polar surface area (TPSA) is 88.8 Å². The van der Waals surface area contributed by atoms with Crippen LogP contribution in [0.4, 0.5) is 11.8 Å². The van der Waals surface area contributed by atoms with Crippen LogP contribution in [-0.2, 0) is 6.42 Å². The second-order valence-electron chi connectivity index (χ2n) is 4.46. The number of hydrogen-bond acceptors (Lipinski definition) is 7. The molecular weight excluding hydrogens is 268 g/mol. The molecule has 21 heavy (non-hydrogen) atoms. The van der Waals surface area contributed by atoms with E-state index in [0.29, 0.717) is 24.8 Å². The van der Waals surface area contributed by atoms with Gasteiger partial charge in [0, 0.05) is 24.9 Å². The average Bonchev–Trinajstić information content (AvgIpc) is 3.01. The fraction of sp³-hybridized carbons (Fsp3) is 0.286. The van der Waals surface area contributed by atoms with Crippen LogP contribution in [0.25, 0.3) is 10.9 Å². The Hall–Kier alpha value is -2.70. The Balaban J connectivity index is 1.81. The Kier molecular flexibility index (Phi) is 3.90. The molecular formula is C14H16N6O. The lowest BCUT2D eigenvalue weighted by molar-refractivity contribution is 0.380. The van der Waals surface area contributed by atoms with Crippen LogP contribution in [0.2, 0.25) is 0 Å². The van der Waals surface area contributed by atoms with E-state index in [1.165, 1.54) is 6.33 Å². The molecule has 2 heterocycles. The molecule has 1 aromatic carbocycles. The second kappa shape index (κ2) is 6.17. The zero-order valence-electron chi connectivity index (χ0n) is 11.7. The predicted octanol–water partition coefficient (Wildman–Crippen LogP) is 2.10. The highest BCUT2D eigenvalue weighted by molar-refractivity contribution is 5.89. The van der Waals surface area contributed by atoms with Crippen molar-refractivity contribution in [3.63, 3.8) is 0 Å². The van der Waals surface area contributed by atoms with Crippen LogP contribution in [0.1, 0.15) is 12.8 Å². The maximum Gasteiger partial charge on any atom is 0.228 e. The third-order valence-electron chi connectivity index (χ3n) is 2.98. The predicted molar refractivity (Wildman–Crippen MR) is 80.2 cm³/mol. The Morgan fingerprint density at radius 2 is 2.05 bits per heavy atom.